The summed E-state index contributed by atoms with van der Waals surface area (Å²) in [6, 6.07) is 3.63. The van der Waals surface area contributed by atoms with Crippen molar-refractivity contribution >= 4 is 23.3 Å². The number of fused-ring (bicyclic) bond motifs is 1. The molecule has 1 amide bonds. The second kappa shape index (κ2) is 6.20. The van der Waals surface area contributed by atoms with Gasteiger partial charge in [-0.15, -0.1) is 0 Å². The van der Waals surface area contributed by atoms with Gasteiger partial charge in [0.15, 0.2) is 0 Å². The standard InChI is InChI=1S/C15H20ClN3O2/c1-2-17-14-9-10(8-13(16)18-14)15(20)19-6-7-21-12-5-3-4-11(12)19/h8-9,11-12H,2-7H2,1H3,(H,17,18). The molecular weight excluding hydrogens is 290 g/mol. The molecule has 0 spiro atoms. The first-order chi connectivity index (χ1) is 10.2. The van der Waals surface area contributed by atoms with E-state index in [2.05, 4.69) is 10.3 Å². The van der Waals surface area contributed by atoms with E-state index in [0.29, 0.717) is 29.7 Å². The van der Waals surface area contributed by atoms with Gasteiger partial charge in [0.2, 0.25) is 0 Å². The minimum Gasteiger partial charge on any atom is -0.374 e. The average molecular weight is 310 g/mol. The van der Waals surface area contributed by atoms with Crippen molar-refractivity contribution in [3.05, 3.63) is 22.8 Å². The van der Waals surface area contributed by atoms with Crippen LogP contribution in [-0.4, -0.2) is 47.6 Å². The number of morpholine rings is 1. The summed E-state index contributed by atoms with van der Waals surface area (Å²) >= 11 is 6.03. The normalized spacial score (nSPS) is 24.8. The Hall–Kier alpha value is -1.33. The summed E-state index contributed by atoms with van der Waals surface area (Å²) in [5.41, 5.74) is 0.596. The fourth-order valence-electron chi connectivity index (χ4n) is 3.24. The number of nitrogens with one attached hydrogen (secondary N) is 1. The molecule has 2 heterocycles. The number of aromatic nitrogens is 1. The Morgan fingerprint density at radius 2 is 2.38 bits per heavy atom. The molecule has 2 unspecified atom stereocenters. The topological polar surface area (TPSA) is 54.5 Å². The summed E-state index contributed by atoms with van der Waals surface area (Å²) in [4.78, 5) is 18.9. The van der Waals surface area contributed by atoms with Gasteiger partial charge in [0, 0.05) is 18.7 Å². The lowest BCUT2D eigenvalue weighted by molar-refractivity contribution is -0.0445. The van der Waals surface area contributed by atoms with Crippen LogP contribution in [0, 0.1) is 0 Å². The van der Waals surface area contributed by atoms with Crippen LogP contribution in [-0.2, 0) is 4.74 Å². The third-order valence-electron chi connectivity index (χ3n) is 4.14. The zero-order chi connectivity index (χ0) is 14.8. The molecule has 114 valence electrons. The molecule has 3 rings (SSSR count). The van der Waals surface area contributed by atoms with E-state index in [4.69, 9.17) is 16.3 Å². The fraction of sp³-hybridized carbons (Fsp3) is 0.600. The van der Waals surface area contributed by atoms with Crippen LogP contribution in [0.5, 0.6) is 0 Å². The maximum atomic E-state index is 12.8. The van der Waals surface area contributed by atoms with Crippen LogP contribution < -0.4 is 5.32 Å². The van der Waals surface area contributed by atoms with E-state index in [0.717, 1.165) is 25.8 Å². The van der Waals surface area contributed by atoms with Crippen LogP contribution in [0.1, 0.15) is 36.5 Å². The maximum Gasteiger partial charge on any atom is 0.254 e. The molecular formula is C15H20ClN3O2. The number of halogens is 1. The number of amides is 1. The second-order valence-electron chi connectivity index (χ2n) is 5.50. The summed E-state index contributed by atoms with van der Waals surface area (Å²) in [5, 5.41) is 3.44. The molecule has 1 saturated carbocycles. The van der Waals surface area contributed by atoms with Crippen molar-refractivity contribution < 1.29 is 9.53 Å². The van der Waals surface area contributed by atoms with Crippen molar-refractivity contribution in [2.75, 3.05) is 25.0 Å². The molecule has 2 aliphatic rings. The Labute approximate surface area is 129 Å². The minimum absolute atomic E-state index is 0.0265. The van der Waals surface area contributed by atoms with Crippen molar-refractivity contribution in [1.29, 1.82) is 0 Å². The molecule has 1 aromatic rings. The molecule has 21 heavy (non-hydrogen) atoms. The van der Waals surface area contributed by atoms with Gasteiger partial charge in [-0.05, 0) is 38.3 Å². The summed E-state index contributed by atoms with van der Waals surface area (Å²) < 4.78 is 5.76. The van der Waals surface area contributed by atoms with E-state index in [9.17, 15) is 4.79 Å². The van der Waals surface area contributed by atoms with Crippen LogP contribution >= 0.6 is 11.6 Å². The highest BCUT2D eigenvalue weighted by Gasteiger charge is 2.38. The van der Waals surface area contributed by atoms with Gasteiger partial charge in [0.25, 0.3) is 5.91 Å². The third-order valence-corrected chi connectivity index (χ3v) is 4.34. The predicted octanol–water partition coefficient (Wildman–Crippen LogP) is 2.56. The number of ether oxygens (including phenoxy) is 1. The summed E-state index contributed by atoms with van der Waals surface area (Å²) in [7, 11) is 0. The van der Waals surface area contributed by atoms with Gasteiger partial charge in [0.05, 0.1) is 18.8 Å². The highest BCUT2D eigenvalue weighted by Crippen LogP contribution is 2.31. The van der Waals surface area contributed by atoms with Gasteiger partial charge in [-0.2, -0.15) is 0 Å². The quantitative estimate of drug-likeness (QED) is 0.872. The first-order valence-corrected chi connectivity index (χ1v) is 7.91. The molecule has 0 radical (unpaired) electrons. The highest BCUT2D eigenvalue weighted by molar-refractivity contribution is 6.29. The third kappa shape index (κ3) is 2.99. The van der Waals surface area contributed by atoms with Crippen molar-refractivity contribution in [2.45, 2.75) is 38.3 Å². The first-order valence-electron chi connectivity index (χ1n) is 7.53. The lowest BCUT2D eigenvalue weighted by atomic mass is 10.1. The Kier molecular flexibility index (Phi) is 4.31. The number of nitrogens with zero attached hydrogens (tertiary/aromatic N) is 2. The zero-order valence-corrected chi connectivity index (χ0v) is 12.9. The number of rotatable bonds is 3. The molecule has 1 aliphatic heterocycles. The van der Waals surface area contributed by atoms with Crippen molar-refractivity contribution in [2.24, 2.45) is 0 Å². The monoisotopic (exact) mass is 309 g/mol. The van der Waals surface area contributed by atoms with Gasteiger partial charge in [-0.1, -0.05) is 11.6 Å². The van der Waals surface area contributed by atoms with Crippen LogP contribution in [0.3, 0.4) is 0 Å². The lowest BCUT2D eigenvalue weighted by Gasteiger charge is -2.37. The molecule has 0 bridgehead atoms. The molecule has 1 N–H and O–H groups in total. The zero-order valence-electron chi connectivity index (χ0n) is 12.1. The van der Waals surface area contributed by atoms with Gasteiger partial charge < -0.3 is 15.0 Å². The van der Waals surface area contributed by atoms with Crippen molar-refractivity contribution in [1.82, 2.24) is 9.88 Å². The van der Waals surface area contributed by atoms with E-state index in [1.807, 2.05) is 11.8 Å². The maximum absolute atomic E-state index is 12.8. The number of pyridine rings is 1. The predicted molar refractivity (Wildman–Crippen MR) is 81.8 cm³/mol. The van der Waals surface area contributed by atoms with Crippen molar-refractivity contribution in [3.63, 3.8) is 0 Å². The molecule has 2 atom stereocenters. The Bertz CT molecular complexity index is 538. The van der Waals surface area contributed by atoms with Gasteiger partial charge >= 0.3 is 0 Å². The number of carbonyl (C=O) groups is 1. The number of anilines is 1. The van der Waals surface area contributed by atoms with Gasteiger partial charge in [-0.3, -0.25) is 4.79 Å². The second-order valence-corrected chi connectivity index (χ2v) is 5.89. The van der Waals surface area contributed by atoms with Crippen LogP contribution in [0.2, 0.25) is 5.15 Å². The fourth-order valence-corrected chi connectivity index (χ4v) is 3.44. The lowest BCUT2D eigenvalue weighted by Crippen LogP contribution is -2.51. The highest BCUT2D eigenvalue weighted by atomic mass is 35.5. The molecule has 0 aromatic carbocycles. The first kappa shape index (κ1) is 14.6. The smallest absolute Gasteiger partial charge is 0.254 e. The van der Waals surface area contributed by atoms with Crippen LogP contribution in [0.15, 0.2) is 12.1 Å². The van der Waals surface area contributed by atoms with E-state index in [-0.39, 0.29) is 18.1 Å². The Morgan fingerprint density at radius 1 is 1.52 bits per heavy atom. The summed E-state index contributed by atoms with van der Waals surface area (Å²) in [6.07, 6.45) is 3.40. The van der Waals surface area contributed by atoms with Gasteiger partial charge in [0.1, 0.15) is 11.0 Å². The Morgan fingerprint density at radius 3 is 3.19 bits per heavy atom. The molecule has 1 aromatic heterocycles. The summed E-state index contributed by atoms with van der Waals surface area (Å²) in [5.74, 6) is 0.670. The molecule has 6 heteroatoms. The molecule has 1 aliphatic carbocycles. The largest absolute Gasteiger partial charge is 0.374 e. The molecule has 2 fully saturated rings. The van der Waals surface area contributed by atoms with Crippen molar-refractivity contribution in [3.8, 4) is 0 Å². The number of hydrogen-bond acceptors (Lipinski definition) is 4. The SMILES string of the molecule is CCNc1cc(C(=O)N2CCOC3CCCC32)cc(Cl)n1. The molecule has 5 nitrogen and oxygen atoms in total. The average Bonchev–Trinajstić information content (AvgIpc) is 2.94. The Balaban J connectivity index is 1.84. The number of hydrogen-bond donors (Lipinski definition) is 1. The van der Waals surface area contributed by atoms with E-state index in [1.54, 1.807) is 12.1 Å². The van der Waals surface area contributed by atoms with Gasteiger partial charge in [-0.25, -0.2) is 4.98 Å². The molecule has 1 saturated heterocycles. The van der Waals surface area contributed by atoms with Crippen LogP contribution in [0.25, 0.3) is 0 Å². The van der Waals surface area contributed by atoms with Crippen LogP contribution in [0.4, 0.5) is 5.82 Å². The number of carbonyl (C=O) groups excluding carboxylic acids is 1. The van der Waals surface area contributed by atoms with E-state index < -0.39 is 0 Å². The summed E-state index contributed by atoms with van der Waals surface area (Å²) in [6.45, 7) is 3.99. The van der Waals surface area contributed by atoms with E-state index in [1.165, 1.54) is 0 Å². The minimum atomic E-state index is 0.0265. The van der Waals surface area contributed by atoms with E-state index >= 15 is 0 Å².